The van der Waals surface area contributed by atoms with Crippen LogP contribution in [0.2, 0.25) is 0 Å². The summed E-state index contributed by atoms with van der Waals surface area (Å²) in [5, 5.41) is 17.8. The summed E-state index contributed by atoms with van der Waals surface area (Å²) >= 11 is 0. The normalized spacial score (nSPS) is 11.3. The van der Waals surface area contributed by atoms with Crippen LogP contribution >= 0.6 is 0 Å². The maximum absolute atomic E-state index is 4.55. The Hall–Kier alpha value is -5.17. The lowest BCUT2D eigenvalue weighted by Crippen LogP contribution is -2.39. The van der Waals surface area contributed by atoms with Gasteiger partial charge < -0.3 is 4.90 Å². The Morgan fingerprint density at radius 1 is 0.780 bits per heavy atom. The molecule has 0 aliphatic carbocycles. The van der Waals surface area contributed by atoms with Crippen LogP contribution in [0.15, 0.2) is 148 Å². The van der Waals surface area contributed by atoms with Crippen molar-refractivity contribution in [3.63, 3.8) is 0 Å². The molecule has 1 aromatic heterocycles. The minimum Gasteiger partial charge on any atom is -0.368 e. The molecule has 7 nitrogen and oxygen atoms in total. The number of likely N-dealkylation sites (N-methyl/N-ethyl adjacent to an activating group) is 1. The molecule has 0 amide bonds. The Kier molecular flexibility index (Phi) is 9.19. The fourth-order valence-corrected chi connectivity index (χ4v) is 4.44. The second-order valence-corrected chi connectivity index (χ2v) is 9.63. The van der Waals surface area contributed by atoms with Gasteiger partial charge in [-0.3, -0.25) is 0 Å². The number of aryl methyl sites for hydroxylation is 1. The first-order chi connectivity index (χ1) is 20.2. The summed E-state index contributed by atoms with van der Waals surface area (Å²) in [6.07, 6.45) is 8.00. The Morgan fingerprint density at radius 2 is 1.37 bits per heavy atom. The Labute approximate surface area is 241 Å². The first-order valence-corrected chi connectivity index (χ1v) is 13.8. The maximum atomic E-state index is 4.55. The van der Waals surface area contributed by atoms with Crippen LogP contribution in [-0.4, -0.2) is 29.6 Å². The number of hydrogen-bond donors (Lipinski definition) is 0. The summed E-state index contributed by atoms with van der Waals surface area (Å²) in [6, 6.07) is 36.2. The monoisotopic (exact) mass is 540 g/mol. The summed E-state index contributed by atoms with van der Waals surface area (Å²) in [5.74, 6) is 0. The van der Waals surface area contributed by atoms with Gasteiger partial charge in [0, 0.05) is 23.4 Å². The predicted octanol–water partition coefficient (Wildman–Crippen LogP) is 7.13. The van der Waals surface area contributed by atoms with Crippen LogP contribution in [0.4, 0.5) is 17.1 Å². The zero-order valence-corrected chi connectivity index (χ0v) is 23.5. The van der Waals surface area contributed by atoms with Crippen molar-refractivity contribution in [2.24, 2.45) is 27.5 Å². The molecule has 5 aromatic rings. The zero-order chi connectivity index (χ0) is 28.3. The molecule has 0 aliphatic rings. The van der Waals surface area contributed by atoms with Gasteiger partial charge >= 0.3 is 0 Å². The van der Waals surface area contributed by atoms with E-state index in [4.69, 9.17) is 0 Å². The molecule has 1 heterocycles. The van der Waals surface area contributed by atoms with E-state index in [0.717, 1.165) is 53.4 Å². The smallest absolute Gasteiger partial charge is 0.243 e. The number of hydrogen-bond acceptors (Lipinski definition) is 5. The van der Waals surface area contributed by atoms with Crippen LogP contribution < -0.4 is 9.47 Å². The third-order valence-electron chi connectivity index (χ3n) is 6.68. The molecule has 0 bridgehead atoms. The molecule has 0 fully saturated rings. The van der Waals surface area contributed by atoms with Gasteiger partial charge in [0.15, 0.2) is 0 Å². The molecular formula is C34H34N7+. The second-order valence-electron chi connectivity index (χ2n) is 9.63. The highest BCUT2D eigenvalue weighted by Crippen LogP contribution is 2.22. The van der Waals surface area contributed by atoms with Crippen molar-refractivity contribution in [2.75, 3.05) is 18.0 Å². The fourth-order valence-electron chi connectivity index (χ4n) is 4.44. The number of aromatic nitrogens is 2. The summed E-state index contributed by atoms with van der Waals surface area (Å²) in [4.78, 5) is 2.36. The van der Waals surface area contributed by atoms with Gasteiger partial charge in [-0.1, -0.05) is 72.8 Å². The zero-order valence-electron chi connectivity index (χ0n) is 23.5. The molecule has 0 radical (unpaired) electrons. The van der Waals surface area contributed by atoms with Gasteiger partial charge in [-0.25, -0.2) is 9.13 Å². The number of nitrogens with zero attached hydrogens (tertiary/aromatic N) is 7. The van der Waals surface area contributed by atoms with Crippen molar-refractivity contribution < 1.29 is 4.57 Å². The third kappa shape index (κ3) is 7.70. The second kappa shape index (κ2) is 13.8. The summed E-state index contributed by atoms with van der Waals surface area (Å²) < 4.78 is 4.25. The fraction of sp³-hybridized carbons (Fsp3) is 0.147. The van der Waals surface area contributed by atoms with E-state index < -0.39 is 0 Å². The molecule has 0 saturated carbocycles. The van der Waals surface area contributed by atoms with Crippen molar-refractivity contribution in [1.29, 1.82) is 0 Å². The highest BCUT2D eigenvalue weighted by Gasteiger charge is 2.08. The molecule has 0 N–H and O–H groups in total. The van der Waals surface area contributed by atoms with E-state index in [0.29, 0.717) is 0 Å². The molecule has 0 aliphatic heterocycles. The van der Waals surface area contributed by atoms with Gasteiger partial charge in [-0.2, -0.15) is 15.3 Å². The molecule has 4 aromatic carbocycles. The van der Waals surface area contributed by atoms with Crippen LogP contribution in [0.1, 0.15) is 23.6 Å². The Bertz CT molecular complexity index is 1560. The van der Waals surface area contributed by atoms with E-state index in [-0.39, 0.29) is 0 Å². The highest BCUT2D eigenvalue weighted by atomic mass is 15.2. The minimum atomic E-state index is 0.777. The predicted molar refractivity (Wildman–Crippen MR) is 167 cm³/mol. The first-order valence-electron chi connectivity index (χ1n) is 13.8. The van der Waals surface area contributed by atoms with E-state index in [1.54, 1.807) is 6.21 Å². The molecule has 5 rings (SSSR count). The SMILES string of the molecule is CCN(CC[n+]1ccn(C)c1)c1ccc(N=Nc2ccc(/C=N/N=C(c3ccccc3)c3ccccc3)cc2)cc1. The van der Waals surface area contributed by atoms with Gasteiger partial charge in [-0.05, 0) is 48.9 Å². The average molecular weight is 541 g/mol. The van der Waals surface area contributed by atoms with Crippen LogP contribution in [-0.2, 0) is 13.6 Å². The number of imidazole rings is 1. The standard InChI is InChI=1S/C34H34N7/c1-3-41(25-24-40-23-22-39(2)27-40)33-20-18-32(19-21-33)37-36-31-16-14-28(15-17-31)26-35-38-34(29-10-6-4-7-11-29)30-12-8-5-9-13-30/h4-23,26-27H,3,24-25H2,1-2H3/q+1/b35-26+,37-36?. The molecule has 0 atom stereocenters. The van der Waals surface area contributed by atoms with Gasteiger partial charge in [0.1, 0.15) is 24.7 Å². The van der Waals surface area contributed by atoms with E-state index in [9.17, 15) is 0 Å². The quantitative estimate of drug-likeness (QED) is 0.0761. The molecule has 0 spiro atoms. The number of anilines is 1. The number of benzene rings is 4. The lowest BCUT2D eigenvalue weighted by Gasteiger charge is -2.22. The van der Waals surface area contributed by atoms with Crippen LogP contribution in [0, 0.1) is 0 Å². The van der Waals surface area contributed by atoms with Crippen molar-refractivity contribution >= 4 is 29.0 Å². The summed E-state index contributed by atoms with van der Waals surface area (Å²) in [5.41, 5.74) is 6.58. The van der Waals surface area contributed by atoms with Crippen molar-refractivity contribution in [2.45, 2.75) is 13.5 Å². The number of rotatable bonds is 11. The molecule has 41 heavy (non-hydrogen) atoms. The van der Waals surface area contributed by atoms with Gasteiger partial charge in [0.2, 0.25) is 6.33 Å². The Morgan fingerprint density at radius 3 is 1.90 bits per heavy atom. The van der Waals surface area contributed by atoms with Gasteiger partial charge in [0.25, 0.3) is 0 Å². The number of azo groups is 1. The Balaban J connectivity index is 1.20. The molecule has 0 saturated heterocycles. The third-order valence-corrected chi connectivity index (χ3v) is 6.68. The maximum Gasteiger partial charge on any atom is 0.243 e. The van der Waals surface area contributed by atoms with E-state index >= 15 is 0 Å². The van der Waals surface area contributed by atoms with Gasteiger partial charge in [-0.15, -0.1) is 5.10 Å². The summed E-state index contributed by atoms with van der Waals surface area (Å²) in [6.45, 7) is 4.99. The largest absolute Gasteiger partial charge is 0.368 e. The van der Waals surface area contributed by atoms with Crippen LogP contribution in [0.25, 0.3) is 0 Å². The topological polar surface area (TPSA) is 61.5 Å². The lowest BCUT2D eigenvalue weighted by atomic mass is 10.0. The summed E-state index contributed by atoms with van der Waals surface area (Å²) in [7, 11) is 2.04. The minimum absolute atomic E-state index is 0.777. The van der Waals surface area contributed by atoms with E-state index in [2.05, 4.69) is 72.2 Å². The average Bonchev–Trinajstić information content (AvgIpc) is 3.45. The molecule has 7 heteroatoms. The highest BCUT2D eigenvalue weighted by molar-refractivity contribution is 6.12. The van der Waals surface area contributed by atoms with Crippen molar-refractivity contribution in [3.05, 3.63) is 145 Å². The van der Waals surface area contributed by atoms with E-state index in [1.165, 1.54) is 5.69 Å². The molecule has 0 unspecified atom stereocenters. The van der Waals surface area contributed by atoms with Gasteiger partial charge in [0.05, 0.1) is 31.2 Å². The first kappa shape index (κ1) is 27.4. The van der Waals surface area contributed by atoms with Crippen LogP contribution in [0.5, 0.6) is 0 Å². The van der Waals surface area contributed by atoms with Crippen molar-refractivity contribution in [3.8, 4) is 0 Å². The molecule has 204 valence electrons. The van der Waals surface area contributed by atoms with E-state index in [1.807, 2.05) is 104 Å². The van der Waals surface area contributed by atoms with Crippen molar-refractivity contribution in [1.82, 2.24) is 4.57 Å². The lowest BCUT2D eigenvalue weighted by molar-refractivity contribution is -0.693. The molecular weight excluding hydrogens is 506 g/mol. The van der Waals surface area contributed by atoms with Crippen LogP contribution in [0.3, 0.4) is 0 Å².